The van der Waals surface area contributed by atoms with Crippen LogP contribution in [-0.2, 0) is 4.74 Å². The number of esters is 1. The number of aryl methyl sites for hydroxylation is 1. The normalized spacial score (nSPS) is 10.7. The summed E-state index contributed by atoms with van der Waals surface area (Å²) in [5.41, 5.74) is 0.584. The second-order valence-electron chi connectivity index (χ2n) is 3.47. The van der Waals surface area contributed by atoms with E-state index in [2.05, 4.69) is 0 Å². The minimum absolute atomic E-state index is 0.246. The van der Waals surface area contributed by atoms with Gasteiger partial charge in [-0.15, -0.1) is 11.3 Å². The molecule has 0 aliphatic carbocycles. The van der Waals surface area contributed by atoms with Gasteiger partial charge in [0.25, 0.3) is 0 Å². The molecular weight excluding hydrogens is 227 g/mol. The number of hydrogen-bond acceptors (Lipinski definition) is 3. The van der Waals surface area contributed by atoms with E-state index in [0.29, 0.717) is 17.0 Å². The summed E-state index contributed by atoms with van der Waals surface area (Å²) in [4.78, 5) is 12.0. The van der Waals surface area contributed by atoms with Gasteiger partial charge in [0.05, 0.1) is 6.61 Å². The number of ether oxygens (including phenoxy) is 1. The average molecular weight is 238 g/mol. The predicted molar refractivity (Wildman–Crippen MR) is 62.5 cm³/mol. The molecule has 0 radical (unpaired) electrons. The van der Waals surface area contributed by atoms with E-state index in [-0.39, 0.29) is 11.8 Å². The standard InChI is InChI=1S/C12H11FO2S/c1-3-15-12(14)11-5-8-4-7(2)9(13)6-10(8)16-11/h4-6H,3H2,1-2H3. The van der Waals surface area contributed by atoms with Gasteiger partial charge in [-0.1, -0.05) is 0 Å². The maximum absolute atomic E-state index is 13.3. The van der Waals surface area contributed by atoms with Crippen LogP contribution in [0.2, 0.25) is 0 Å². The lowest BCUT2D eigenvalue weighted by molar-refractivity contribution is 0.0532. The van der Waals surface area contributed by atoms with Crippen LogP contribution in [0.3, 0.4) is 0 Å². The summed E-state index contributed by atoms with van der Waals surface area (Å²) in [5.74, 6) is -0.591. The molecule has 2 rings (SSSR count). The zero-order valence-electron chi connectivity index (χ0n) is 9.04. The maximum Gasteiger partial charge on any atom is 0.348 e. The van der Waals surface area contributed by atoms with Crippen LogP contribution >= 0.6 is 11.3 Å². The van der Waals surface area contributed by atoms with Crippen molar-refractivity contribution in [1.82, 2.24) is 0 Å². The number of thiophene rings is 1. The Balaban J connectivity index is 2.48. The summed E-state index contributed by atoms with van der Waals surface area (Å²) in [7, 11) is 0. The summed E-state index contributed by atoms with van der Waals surface area (Å²) in [6, 6.07) is 4.94. The Kier molecular flexibility index (Phi) is 2.92. The van der Waals surface area contributed by atoms with Crippen LogP contribution in [0.5, 0.6) is 0 Å². The number of benzene rings is 1. The first-order chi connectivity index (χ1) is 7.61. The fourth-order valence-electron chi connectivity index (χ4n) is 1.48. The first kappa shape index (κ1) is 11.1. The van der Waals surface area contributed by atoms with Crippen molar-refractivity contribution in [3.05, 3.63) is 34.5 Å². The lowest BCUT2D eigenvalue weighted by atomic mass is 10.2. The third-order valence-corrected chi connectivity index (χ3v) is 3.35. The zero-order valence-corrected chi connectivity index (χ0v) is 9.86. The predicted octanol–water partition coefficient (Wildman–Crippen LogP) is 3.53. The lowest BCUT2D eigenvalue weighted by Gasteiger charge is -1.95. The fourth-order valence-corrected chi connectivity index (χ4v) is 2.44. The molecule has 0 saturated heterocycles. The molecule has 1 heterocycles. The number of rotatable bonds is 2. The molecule has 4 heteroatoms. The van der Waals surface area contributed by atoms with E-state index in [1.165, 1.54) is 17.4 Å². The van der Waals surface area contributed by atoms with E-state index >= 15 is 0 Å². The molecular formula is C12H11FO2S. The summed E-state index contributed by atoms with van der Waals surface area (Å²) in [5, 5.41) is 0.881. The molecule has 1 aromatic carbocycles. The van der Waals surface area contributed by atoms with Crippen LogP contribution in [0, 0.1) is 12.7 Å². The van der Waals surface area contributed by atoms with Gasteiger partial charge in [0, 0.05) is 4.70 Å². The lowest BCUT2D eigenvalue weighted by Crippen LogP contribution is -2.01. The van der Waals surface area contributed by atoms with Gasteiger partial charge in [-0.05, 0) is 43.0 Å². The van der Waals surface area contributed by atoms with Crippen LogP contribution in [0.1, 0.15) is 22.2 Å². The first-order valence-corrected chi connectivity index (χ1v) is 5.80. The monoisotopic (exact) mass is 238 g/mol. The van der Waals surface area contributed by atoms with Crippen LogP contribution < -0.4 is 0 Å². The third-order valence-electron chi connectivity index (χ3n) is 2.27. The minimum Gasteiger partial charge on any atom is -0.462 e. The van der Waals surface area contributed by atoms with Gasteiger partial charge in [-0.3, -0.25) is 0 Å². The molecule has 2 nitrogen and oxygen atoms in total. The maximum atomic E-state index is 13.3. The van der Waals surface area contributed by atoms with Gasteiger partial charge in [0.15, 0.2) is 0 Å². The molecule has 0 spiro atoms. The molecule has 1 aromatic heterocycles. The Bertz CT molecular complexity index is 506. The first-order valence-electron chi connectivity index (χ1n) is 4.98. The molecule has 0 aliphatic rings. The fraction of sp³-hybridized carbons (Fsp3) is 0.250. The van der Waals surface area contributed by atoms with E-state index in [4.69, 9.17) is 4.74 Å². The summed E-state index contributed by atoms with van der Waals surface area (Å²) >= 11 is 1.25. The van der Waals surface area contributed by atoms with Crippen molar-refractivity contribution in [1.29, 1.82) is 0 Å². The van der Waals surface area contributed by atoms with Gasteiger partial charge < -0.3 is 4.74 Å². The Hall–Kier alpha value is -1.42. The summed E-state index contributed by atoms with van der Waals surface area (Å²) in [6.07, 6.45) is 0. The van der Waals surface area contributed by atoms with Crippen molar-refractivity contribution < 1.29 is 13.9 Å². The highest BCUT2D eigenvalue weighted by atomic mass is 32.1. The minimum atomic E-state index is -0.346. The van der Waals surface area contributed by atoms with Gasteiger partial charge in [-0.2, -0.15) is 0 Å². The van der Waals surface area contributed by atoms with Crippen molar-refractivity contribution in [3.63, 3.8) is 0 Å². The Morgan fingerprint density at radius 1 is 1.44 bits per heavy atom. The van der Waals surface area contributed by atoms with Crippen molar-refractivity contribution in [3.8, 4) is 0 Å². The highest BCUT2D eigenvalue weighted by Crippen LogP contribution is 2.28. The molecule has 0 aliphatic heterocycles. The molecule has 84 valence electrons. The summed E-state index contributed by atoms with van der Waals surface area (Å²) < 4.78 is 19.0. The van der Waals surface area contributed by atoms with Crippen molar-refractivity contribution in [2.45, 2.75) is 13.8 Å². The average Bonchev–Trinajstić information content (AvgIpc) is 2.62. The molecule has 16 heavy (non-hydrogen) atoms. The van der Waals surface area contributed by atoms with Crippen molar-refractivity contribution >= 4 is 27.4 Å². The van der Waals surface area contributed by atoms with Gasteiger partial charge in [0.2, 0.25) is 0 Å². The van der Waals surface area contributed by atoms with Crippen LogP contribution in [0.25, 0.3) is 10.1 Å². The van der Waals surface area contributed by atoms with Crippen molar-refractivity contribution in [2.24, 2.45) is 0 Å². The number of fused-ring (bicyclic) bond motifs is 1. The molecule has 0 N–H and O–H groups in total. The molecule has 0 saturated carbocycles. The van der Waals surface area contributed by atoms with E-state index in [9.17, 15) is 9.18 Å². The zero-order chi connectivity index (χ0) is 11.7. The third kappa shape index (κ3) is 1.93. The highest BCUT2D eigenvalue weighted by molar-refractivity contribution is 7.20. The largest absolute Gasteiger partial charge is 0.462 e. The molecule has 2 aromatic rings. The van der Waals surface area contributed by atoms with Gasteiger partial charge in [-0.25, -0.2) is 9.18 Å². The van der Waals surface area contributed by atoms with E-state index in [0.717, 1.165) is 10.1 Å². The SMILES string of the molecule is CCOC(=O)c1cc2cc(C)c(F)cc2s1. The summed E-state index contributed by atoms with van der Waals surface area (Å²) in [6.45, 7) is 3.81. The van der Waals surface area contributed by atoms with E-state index < -0.39 is 0 Å². The molecule has 0 bridgehead atoms. The Morgan fingerprint density at radius 3 is 2.88 bits per heavy atom. The van der Waals surface area contributed by atoms with Crippen molar-refractivity contribution in [2.75, 3.05) is 6.61 Å². The van der Waals surface area contributed by atoms with Gasteiger partial charge in [0.1, 0.15) is 10.7 Å². The van der Waals surface area contributed by atoms with E-state index in [1.807, 2.05) is 0 Å². The molecule has 0 atom stereocenters. The topological polar surface area (TPSA) is 26.3 Å². The smallest absolute Gasteiger partial charge is 0.348 e. The van der Waals surface area contributed by atoms with Gasteiger partial charge >= 0.3 is 5.97 Å². The quantitative estimate of drug-likeness (QED) is 0.748. The number of halogens is 1. The van der Waals surface area contributed by atoms with Crippen LogP contribution in [0.15, 0.2) is 18.2 Å². The number of carbonyl (C=O) groups excluding carboxylic acids is 1. The molecule has 0 fully saturated rings. The second-order valence-corrected chi connectivity index (χ2v) is 4.55. The number of hydrogen-bond donors (Lipinski definition) is 0. The second kappa shape index (κ2) is 4.22. The van der Waals surface area contributed by atoms with E-state index in [1.54, 1.807) is 26.0 Å². The highest BCUT2D eigenvalue weighted by Gasteiger charge is 2.12. The Morgan fingerprint density at radius 2 is 2.19 bits per heavy atom. The van der Waals surface area contributed by atoms with Crippen LogP contribution in [-0.4, -0.2) is 12.6 Å². The molecule has 0 unspecified atom stereocenters. The number of carbonyl (C=O) groups is 1. The van der Waals surface area contributed by atoms with Crippen LogP contribution in [0.4, 0.5) is 4.39 Å². The Labute approximate surface area is 96.7 Å². The molecule has 0 amide bonds.